The number of carbonyl (C=O) groups is 1. The second-order valence-electron chi connectivity index (χ2n) is 3.49. The van der Waals surface area contributed by atoms with Crippen molar-refractivity contribution in [3.05, 3.63) is 29.6 Å². The molecule has 1 unspecified atom stereocenters. The van der Waals surface area contributed by atoms with E-state index in [9.17, 15) is 9.18 Å². The van der Waals surface area contributed by atoms with Gasteiger partial charge in [0.05, 0.1) is 7.11 Å². The molecule has 1 amide bonds. The van der Waals surface area contributed by atoms with Gasteiger partial charge in [0, 0.05) is 18.2 Å². The van der Waals surface area contributed by atoms with Crippen LogP contribution in [0.4, 0.5) is 4.39 Å². The molecule has 2 rings (SSSR count). The lowest BCUT2D eigenvalue weighted by Crippen LogP contribution is -2.38. The summed E-state index contributed by atoms with van der Waals surface area (Å²) < 4.78 is 23.8. The van der Waals surface area contributed by atoms with Crippen molar-refractivity contribution in [1.82, 2.24) is 5.32 Å². The first-order valence-corrected chi connectivity index (χ1v) is 4.92. The summed E-state index contributed by atoms with van der Waals surface area (Å²) in [5, 5.41) is 2.62. The molecule has 5 heteroatoms. The number of hydrogen-bond acceptors (Lipinski definition) is 3. The van der Waals surface area contributed by atoms with Crippen molar-refractivity contribution in [2.45, 2.75) is 6.10 Å². The van der Waals surface area contributed by atoms with Crippen molar-refractivity contribution in [3.8, 4) is 5.75 Å². The van der Waals surface area contributed by atoms with E-state index in [1.54, 1.807) is 12.1 Å². The van der Waals surface area contributed by atoms with Crippen LogP contribution < -0.4 is 10.1 Å². The molecule has 0 saturated carbocycles. The highest BCUT2D eigenvalue weighted by Gasteiger charge is 2.22. The summed E-state index contributed by atoms with van der Waals surface area (Å²) in [6.07, 6.45) is -0.427. The van der Waals surface area contributed by atoms with Crippen LogP contribution >= 0.6 is 0 Å². The van der Waals surface area contributed by atoms with Crippen molar-refractivity contribution >= 4 is 5.91 Å². The van der Waals surface area contributed by atoms with E-state index in [4.69, 9.17) is 9.47 Å². The minimum atomic E-state index is -0.427. The van der Waals surface area contributed by atoms with Gasteiger partial charge in [-0.25, -0.2) is 4.39 Å². The Balaban J connectivity index is 2.17. The van der Waals surface area contributed by atoms with E-state index in [-0.39, 0.29) is 18.3 Å². The Morgan fingerprint density at radius 1 is 1.56 bits per heavy atom. The standard InChI is InChI=1S/C11H12FNO3/c1-15-7-2-3-8(9(12)4-7)10-5-13-11(14)6-16-10/h2-4,10H,5-6H2,1H3,(H,13,14). The number of hydrogen-bond donors (Lipinski definition) is 1. The number of ether oxygens (including phenoxy) is 2. The molecule has 0 spiro atoms. The molecule has 1 heterocycles. The quantitative estimate of drug-likeness (QED) is 0.817. The van der Waals surface area contributed by atoms with Gasteiger partial charge in [-0.1, -0.05) is 0 Å². The molecular formula is C11H12FNO3. The minimum absolute atomic E-state index is 0.0316. The fraction of sp³-hybridized carbons (Fsp3) is 0.364. The van der Waals surface area contributed by atoms with Gasteiger partial charge < -0.3 is 14.8 Å². The first-order valence-electron chi connectivity index (χ1n) is 4.92. The summed E-state index contributed by atoms with van der Waals surface area (Å²) >= 11 is 0. The van der Waals surface area contributed by atoms with E-state index in [0.717, 1.165) is 0 Å². The number of benzene rings is 1. The van der Waals surface area contributed by atoms with Crippen LogP contribution in [0.2, 0.25) is 0 Å². The third-order valence-electron chi connectivity index (χ3n) is 2.45. The van der Waals surface area contributed by atoms with Crippen LogP contribution in [0, 0.1) is 5.82 Å². The smallest absolute Gasteiger partial charge is 0.246 e. The number of carbonyl (C=O) groups excluding carboxylic acids is 1. The molecule has 86 valence electrons. The Hall–Kier alpha value is -1.62. The van der Waals surface area contributed by atoms with Crippen LogP contribution in [-0.2, 0) is 9.53 Å². The normalized spacial score (nSPS) is 20.4. The van der Waals surface area contributed by atoms with Gasteiger partial charge in [0.15, 0.2) is 0 Å². The Labute approximate surface area is 92.4 Å². The number of amides is 1. The van der Waals surface area contributed by atoms with Gasteiger partial charge in [0.25, 0.3) is 0 Å². The molecule has 0 bridgehead atoms. The Kier molecular flexibility index (Phi) is 3.05. The zero-order chi connectivity index (χ0) is 11.5. The fourth-order valence-corrected chi connectivity index (χ4v) is 1.59. The van der Waals surface area contributed by atoms with Crippen LogP contribution in [0.5, 0.6) is 5.75 Å². The minimum Gasteiger partial charge on any atom is -0.497 e. The molecule has 1 aliphatic rings. The molecule has 0 radical (unpaired) electrons. The molecular weight excluding hydrogens is 213 g/mol. The van der Waals surface area contributed by atoms with E-state index >= 15 is 0 Å². The number of rotatable bonds is 2. The van der Waals surface area contributed by atoms with E-state index in [0.29, 0.717) is 17.9 Å². The molecule has 1 atom stereocenters. The first kappa shape index (κ1) is 10.9. The highest BCUT2D eigenvalue weighted by Crippen LogP contribution is 2.25. The highest BCUT2D eigenvalue weighted by atomic mass is 19.1. The largest absolute Gasteiger partial charge is 0.497 e. The Bertz CT molecular complexity index is 398. The van der Waals surface area contributed by atoms with Crippen molar-refractivity contribution in [2.24, 2.45) is 0 Å². The molecule has 1 aromatic carbocycles. The summed E-state index contributed by atoms with van der Waals surface area (Å²) in [7, 11) is 1.48. The summed E-state index contributed by atoms with van der Waals surface area (Å²) in [5.74, 6) is -0.105. The third-order valence-corrected chi connectivity index (χ3v) is 2.45. The maximum Gasteiger partial charge on any atom is 0.246 e. The van der Waals surface area contributed by atoms with Gasteiger partial charge in [0.2, 0.25) is 5.91 Å². The molecule has 0 aromatic heterocycles. The number of morpholine rings is 1. The van der Waals surface area contributed by atoms with Crippen LogP contribution in [0.15, 0.2) is 18.2 Å². The SMILES string of the molecule is COc1ccc(C2CNC(=O)CO2)c(F)c1. The summed E-state index contributed by atoms with van der Waals surface area (Å²) in [5.41, 5.74) is 0.431. The van der Waals surface area contributed by atoms with E-state index < -0.39 is 6.10 Å². The van der Waals surface area contributed by atoms with Gasteiger partial charge in [-0.15, -0.1) is 0 Å². The van der Waals surface area contributed by atoms with Gasteiger partial charge in [-0.2, -0.15) is 0 Å². The lowest BCUT2D eigenvalue weighted by Gasteiger charge is -2.23. The second kappa shape index (κ2) is 4.49. The topological polar surface area (TPSA) is 47.6 Å². The van der Waals surface area contributed by atoms with Crippen molar-refractivity contribution in [1.29, 1.82) is 0 Å². The predicted molar refractivity (Wildman–Crippen MR) is 54.7 cm³/mol. The molecule has 1 aliphatic heterocycles. The average Bonchev–Trinajstić information content (AvgIpc) is 2.30. The Morgan fingerprint density at radius 3 is 2.94 bits per heavy atom. The van der Waals surface area contributed by atoms with Crippen LogP contribution in [0.25, 0.3) is 0 Å². The van der Waals surface area contributed by atoms with E-state index in [2.05, 4.69) is 5.32 Å². The van der Waals surface area contributed by atoms with Gasteiger partial charge in [0.1, 0.15) is 24.3 Å². The first-order chi connectivity index (χ1) is 7.70. The van der Waals surface area contributed by atoms with Gasteiger partial charge in [-0.3, -0.25) is 4.79 Å². The predicted octanol–water partition coefficient (Wildman–Crippen LogP) is 1.02. The van der Waals surface area contributed by atoms with Gasteiger partial charge in [-0.05, 0) is 12.1 Å². The number of halogens is 1. The molecule has 16 heavy (non-hydrogen) atoms. The molecule has 1 N–H and O–H groups in total. The third kappa shape index (κ3) is 2.14. The highest BCUT2D eigenvalue weighted by molar-refractivity contribution is 5.77. The summed E-state index contributed by atoms with van der Waals surface area (Å²) in [6.45, 7) is 0.262. The molecule has 1 fully saturated rings. The van der Waals surface area contributed by atoms with Gasteiger partial charge >= 0.3 is 0 Å². The lowest BCUT2D eigenvalue weighted by atomic mass is 10.1. The van der Waals surface area contributed by atoms with E-state index in [1.165, 1.54) is 13.2 Å². The molecule has 0 aliphatic carbocycles. The monoisotopic (exact) mass is 225 g/mol. The zero-order valence-corrected chi connectivity index (χ0v) is 8.83. The van der Waals surface area contributed by atoms with Crippen LogP contribution in [0.1, 0.15) is 11.7 Å². The number of methoxy groups -OCH3 is 1. The number of nitrogens with one attached hydrogen (secondary N) is 1. The zero-order valence-electron chi connectivity index (χ0n) is 8.83. The fourth-order valence-electron chi connectivity index (χ4n) is 1.59. The van der Waals surface area contributed by atoms with Crippen molar-refractivity contribution in [3.63, 3.8) is 0 Å². The molecule has 1 saturated heterocycles. The Morgan fingerprint density at radius 2 is 2.38 bits per heavy atom. The maximum absolute atomic E-state index is 13.6. The molecule has 4 nitrogen and oxygen atoms in total. The average molecular weight is 225 g/mol. The van der Waals surface area contributed by atoms with Crippen molar-refractivity contribution < 1.29 is 18.7 Å². The van der Waals surface area contributed by atoms with E-state index in [1.807, 2.05) is 0 Å². The van der Waals surface area contributed by atoms with Crippen LogP contribution in [-0.4, -0.2) is 26.2 Å². The second-order valence-corrected chi connectivity index (χ2v) is 3.49. The molecule has 1 aromatic rings. The lowest BCUT2D eigenvalue weighted by molar-refractivity contribution is -0.133. The summed E-state index contributed by atoms with van der Waals surface area (Å²) in [4.78, 5) is 10.9. The van der Waals surface area contributed by atoms with Crippen molar-refractivity contribution in [2.75, 3.05) is 20.3 Å². The maximum atomic E-state index is 13.6. The van der Waals surface area contributed by atoms with Crippen LogP contribution in [0.3, 0.4) is 0 Å². The summed E-state index contributed by atoms with van der Waals surface area (Å²) in [6, 6.07) is 4.57.